The second-order valence-electron chi connectivity index (χ2n) is 5.25. The number of carbonyl (C=O) groups excluding carboxylic acids is 2. The number of Topliss-reactive ketones (excluding diaryl/α,β-unsaturated/α-hetero) is 1. The zero-order valence-electron chi connectivity index (χ0n) is 14.8. The zero-order chi connectivity index (χ0) is 20.7. The Hall–Kier alpha value is -2.95. The van der Waals surface area contributed by atoms with E-state index in [4.69, 9.17) is 4.74 Å². The van der Waals surface area contributed by atoms with Crippen molar-refractivity contribution in [1.29, 1.82) is 0 Å². The Labute approximate surface area is 152 Å². The third-order valence-corrected chi connectivity index (χ3v) is 3.32. The van der Waals surface area contributed by atoms with Crippen molar-refractivity contribution in [2.24, 2.45) is 0 Å². The standard InChI is InChI=1S/C16H18F3N3O5/c1-4-6-27-16(24)9(7-21-20-5-2)15(23)10-11(17)8(3)12(18)13(19)14(10)22(25)26/h7,20-21H,4-6H2,1-3H3. The molecule has 0 spiro atoms. The van der Waals surface area contributed by atoms with Crippen molar-refractivity contribution < 1.29 is 32.4 Å². The van der Waals surface area contributed by atoms with Gasteiger partial charge < -0.3 is 10.2 Å². The summed E-state index contributed by atoms with van der Waals surface area (Å²) in [6.07, 6.45) is 1.22. The summed E-state index contributed by atoms with van der Waals surface area (Å²) in [5.41, 5.74) is 0.0768. The van der Waals surface area contributed by atoms with Crippen LogP contribution in [0.25, 0.3) is 0 Å². The van der Waals surface area contributed by atoms with Gasteiger partial charge >= 0.3 is 11.7 Å². The molecular formula is C16H18F3N3O5. The Balaban J connectivity index is 3.59. The van der Waals surface area contributed by atoms with E-state index in [1.165, 1.54) is 0 Å². The minimum atomic E-state index is -2.00. The van der Waals surface area contributed by atoms with Gasteiger partial charge in [-0.3, -0.25) is 14.9 Å². The number of hydrogen-bond acceptors (Lipinski definition) is 7. The van der Waals surface area contributed by atoms with Crippen molar-refractivity contribution in [3.8, 4) is 0 Å². The molecule has 2 N–H and O–H groups in total. The van der Waals surface area contributed by atoms with Crippen LogP contribution in [0.5, 0.6) is 0 Å². The van der Waals surface area contributed by atoms with Crippen LogP contribution < -0.4 is 10.9 Å². The molecule has 11 heteroatoms. The number of nitro benzene ring substituents is 1. The van der Waals surface area contributed by atoms with E-state index in [1.807, 2.05) is 0 Å². The summed E-state index contributed by atoms with van der Waals surface area (Å²) in [4.78, 5) is 34.4. The number of halogens is 3. The van der Waals surface area contributed by atoms with E-state index in [0.29, 0.717) is 13.0 Å². The minimum Gasteiger partial charge on any atom is -0.462 e. The highest BCUT2D eigenvalue weighted by Crippen LogP contribution is 2.32. The number of hydrazine groups is 1. The van der Waals surface area contributed by atoms with Crippen LogP contribution in [0.3, 0.4) is 0 Å². The van der Waals surface area contributed by atoms with E-state index in [2.05, 4.69) is 10.9 Å². The predicted octanol–water partition coefficient (Wildman–Crippen LogP) is 2.45. The fourth-order valence-electron chi connectivity index (χ4n) is 1.99. The summed E-state index contributed by atoms with van der Waals surface area (Å²) in [5.74, 6) is -8.15. The molecule has 148 valence electrons. The topological polar surface area (TPSA) is 111 Å². The number of ketones is 1. The molecule has 0 saturated heterocycles. The third-order valence-electron chi connectivity index (χ3n) is 3.32. The molecular weight excluding hydrogens is 371 g/mol. The lowest BCUT2D eigenvalue weighted by Crippen LogP contribution is -2.29. The van der Waals surface area contributed by atoms with Gasteiger partial charge in [-0.1, -0.05) is 13.8 Å². The highest BCUT2D eigenvalue weighted by atomic mass is 19.2. The van der Waals surface area contributed by atoms with Crippen LogP contribution in [0.15, 0.2) is 11.8 Å². The molecule has 27 heavy (non-hydrogen) atoms. The molecule has 8 nitrogen and oxygen atoms in total. The molecule has 0 amide bonds. The van der Waals surface area contributed by atoms with Crippen LogP contribution in [0.1, 0.15) is 36.2 Å². The van der Waals surface area contributed by atoms with E-state index in [9.17, 15) is 32.9 Å². The summed E-state index contributed by atoms with van der Waals surface area (Å²) in [6.45, 7) is 4.45. The van der Waals surface area contributed by atoms with Crippen LogP contribution in [0.4, 0.5) is 18.9 Å². The van der Waals surface area contributed by atoms with Gasteiger partial charge in [-0.2, -0.15) is 4.39 Å². The molecule has 0 unspecified atom stereocenters. The number of nitro groups is 1. The molecule has 0 radical (unpaired) electrons. The van der Waals surface area contributed by atoms with Crippen LogP contribution in [0, 0.1) is 34.5 Å². The Morgan fingerprint density at radius 1 is 1.19 bits per heavy atom. The van der Waals surface area contributed by atoms with Gasteiger partial charge in [0.05, 0.1) is 11.5 Å². The first-order valence-corrected chi connectivity index (χ1v) is 7.90. The number of rotatable bonds is 9. The second kappa shape index (κ2) is 9.67. The van der Waals surface area contributed by atoms with Crippen molar-refractivity contribution in [3.63, 3.8) is 0 Å². The molecule has 0 aliphatic carbocycles. The average molecular weight is 389 g/mol. The van der Waals surface area contributed by atoms with Crippen LogP contribution in [-0.2, 0) is 9.53 Å². The average Bonchev–Trinajstić information content (AvgIpc) is 2.63. The van der Waals surface area contributed by atoms with Crippen LogP contribution in [-0.4, -0.2) is 29.8 Å². The zero-order valence-corrected chi connectivity index (χ0v) is 14.8. The quantitative estimate of drug-likeness (QED) is 0.0768. The van der Waals surface area contributed by atoms with Gasteiger partial charge in [0.15, 0.2) is 5.82 Å². The first kappa shape index (κ1) is 22.1. The molecule has 1 aromatic rings. The van der Waals surface area contributed by atoms with Gasteiger partial charge in [0, 0.05) is 18.3 Å². The second-order valence-corrected chi connectivity index (χ2v) is 5.25. The van der Waals surface area contributed by atoms with Gasteiger partial charge in [-0.25, -0.2) is 19.0 Å². The summed E-state index contributed by atoms with van der Waals surface area (Å²) in [5, 5.41) is 11.1. The van der Waals surface area contributed by atoms with Gasteiger partial charge in [-0.05, 0) is 13.3 Å². The number of carbonyl (C=O) groups is 2. The largest absolute Gasteiger partial charge is 0.462 e. The molecule has 0 bridgehead atoms. The maximum absolute atomic E-state index is 14.4. The smallest absolute Gasteiger partial charge is 0.343 e. The van der Waals surface area contributed by atoms with Crippen LogP contribution >= 0.6 is 0 Å². The third kappa shape index (κ3) is 4.82. The Bertz CT molecular complexity index is 796. The monoisotopic (exact) mass is 389 g/mol. The number of esters is 1. The lowest BCUT2D eigenvalue weighted by molar-refractivity contribution is -0.388. The SMILES string of the molecule is CCCOC(=O)C(=CNNCC)C(=O)c1c(F)c(C)c(F)c(F)c1[N+](=O)[O-]. The molecule has 0 aliphatic heterocycles. The highest BCUT2D eigenvalue weighted by Gasteiger charge is 2.37. The van der Waals surface area contributed by atoms with Crippen molar-refractivity contribution in [1.82, 2.24) is 10.9 Å². The Kier molecular flexibility index (Phi) is 7.91. The summed E-state index contributed by atoms with van der Waals surface area (Å²) < 4.78 is 46.9. The molecule has 0 aliphatic rings. The lowest BCUT2D eigenvalue weighted by atomic mass is 9.98. The molecule has 1 aromatic carbocycles. The fraction of sp³-hybridized carbons (Fsp3) is 0.375. The molecule has 0 atom stereocenters. The summed E-state index contributed by atoms with van der Waals surface area (Å²) in [7, 11) is 0. The first-order chi connectivity index (χ1) is 12.7. The predicted molar refractivity (Wildman–Crippen MR) is 88.2 cm³/mol. The van der Waals surface area contributed by atoms with Gasteiger partial charge in [0.1, 0.15) is 17.0 Å². The van der Waals surface area contributed by atoms with E-state index >= 15 is 0 Å². The van der Waals surface area contributed by atoms with Crippen molar-refractivity contribution in [3.05, 3.63) is 50.5 Å². The van der Waals surface area contributed by atoms with Crippen molar-refractivity contribution in [2.45, 2.75) is 27.2 Å². The maximum Gasteiger partial charge on any atom is 0.343 e. The summed E-state index contributed by atoms with van der Waals surface area (Å²) in [6, 6.07) is 0. The minimum absolute atomic E-state index is 0.0773. The maximum atomic E-state index is 14.4. The molecule has 0 saturated carbocycles. The van der Waals surface area contributed by atoms with Gasteiger partial charge in [0.25, 0.3) is 0 Å². The number of ether oxygens (including phenoxy) is 1. The molecule has 1 rings (SSSR count). The van der Waals surface area contributed by atoms with E-state index < -0.39 is 56.5 Å². The normalized spacial score (nSPS) is 11.3. The molecule has 0 heterocycles. The molecule has 0 aromatic heterocycles. The Morgan fingerprint density at radius 2 is 1.81 bits per heavy atom. The number of nitrogens with one attached hydrogen (secondary N) is 2. The number of benzene rings is 1. The fourth-order valence-corrected chi connectivity index (χ4v) is 1.99. The first-order valence-electron chi connectivity index (χ1n) is 7.90. The van der Waals surface area contributed by atoms with Crippen molar-refractivity contribution in [2.75, 3.05) is 13.2 Å². The number of nitrogens with zero attached hydrogens (tertiary/aromatic N) is 1. The van der Waals surface area contributed by atoms with Gasteiger partial charge in [0.2, 0.25) is 11.6 Å². The summed E-state index contributed by atoms with van der Waals surface area (Å²) >= 11 is 0. The molecule has 0 fully saturated rings. The van der Waals surface area contributed by atoms with E-state index in [-0.39, 0.29) is 6.61 Å². The Morgan fingerprint density at radius 3 is 2.33 bits per heavy atom. The van der Waals surface area contributed by atoms with Crippen LogP contribution in [0.2, 0.25) is 0 Å². The lowest BCUT2D eigenvalue weighted by Gasteiger charge is -2.11. The van der Waals surface area contributed by atoms with Crippen molar-refractivity contribution >= 4 is 17.4 Å². The van der Waals surface area contributed by atoms with E-state index in [0.717, 1.165) is 13.1 Å². The van der Waals surface area contributed by atoms with Gasteiger partial charge in [-0.15, -0.1) is 0 Å². The highest BCUT2D eigenvalue weighted by molar-refractivity contribution is 6.25. The van der Waals surface area contributed by atoms with E-state index in [1.54, 1.807) is 13.8 Å². The number of hydrogen-bond donors (Lipinski definition) is 2.